The van der Waals surface area contributed by atoms with E-state index in [1.165, 1.54) is 0 Å². The van der Waals surface area contributed by atoms with Gasteiger partial charge in [-0.25, -0.2) is 0 Å². The van der Waals surface area contributed by atoms with Crippen molar-refractivity contribution in [3.05, 3.63) is 24.2 Å². The standard InChI is InChI=1S/C14H26N2O/c1-6-12(10-15-14(2,3)4)16(5)11-13-8-7-9-17-13/h7-9,12,15H,6,10-11H2,1-5H3. The summed E-state index contributed by atoms with van der Waals surface area (Å²) in [7, 11) is 2.15. The van der Waals surface area contributed by atoms with Crippen molar-refractivity contribution in [1.82, 2.24) is 10.2 Å². The highest BCUT2D eigenvalue weighted by molar-refractivity contribution is 4.98. The lowest BCUT2D eigenvalue weighted by molar-refractivity contribution is 0.195. The van der Waals surface area contributed by atoms with Crippen molar-refractivity contribution in [3.8, 4) is 0 Å². The largest absolute Gasteiger partial charge is 0.468 e. The lowest BCUT2D eigenvalue weighted by atomic mass is 10.1. The smallest absolute Gasteiger partial charge is 0.117 e. The SMILES string of the molecule is CCC(CNC(C)(C)C)N(C)Cc1ccco1. The monoisotopic (exact) mass is 238 g/mol. The molecule has 0 aliphatic carbocycles. The molecular formula is C14H26N2O. The molecule has 0 saturated carbocycles. The average Bonchev–Trinajstić information content (AvgIpc) is 2.69. The van der Waals surface area contributed by atoms with Gasteiger partial charge < -0.3 is 9.73 Å². The number of nitrogens with one attached hydrogen (secondary N) is 1. The van der Waals surface area contributed by atoms with E-state index >= 15 is 0 Å². The van der Waals surface area contributed by atoms with Gasteiger partial charge in [0, 0.05) is 18.1 Å². The summed E-state index contributed by atoms with van der Waals surface area (Å²) in [6.45, 7) is 10.7. The van der Waals surface area contributed by atoms with Gasteiger partial charge in [0.1, 0.15) is 5.76 Å². The molecule has 0 aliphatic heterocycles. The molecule has 0 fully saturated rings. The molecule has 1 heterocycles. The van der Waals surface area contributed by atoms with Gasteiger partial charge in [0.05, 0.1) is 12.8 Å². The van der Waals surface area contributed by atoms with Crippen LogP contribution in [0.25, 0.3) is 0 Å². The molecule has 1 unspecified atom stereocenters. The Morgan fingerprint density at radius 1 is 1.41 bits per heavy atom. The Kier molecular flexibility index (Phi) is 5.22. The maximum Gasteiger partial charge on any atom is 0.117 e. The van der Waals surface area contributed by atoms with Crippen molar-refractivity contribution in [2.45, 2.75) is 52.2 Å². The highest BCUT2D eigenvalue weighted by atomic mass is 16.3. The summed E-state index contributed by atoms with van der Waals surface area (Å²) in [5, 5.41) is 3.56. The molecule has 98 valence electrons. The number of nitrogens with zero attached hydrogens (tertiary/aromatic N) is 1. The van der Waals surface area contributed by atoms with Crippen molar-refractivity contribution in [3.63, 3.8) is 0 Å². The van der Waals surface area contributed by atoms with Crippen LogP contribution in [0, 0.1) is 0 Å². The molecule has 17 heavy (non-hydrogen) atoms. The van der Waals surface area contributed by atoms with Crippen LogP contribution in [0.4, 0.5) is 0 Å². The molecule has 1 N–H and O–H groups in total. The molecule has 0 spiro atoms. The summed E-state index contributed by atoms with van der Waals surface area (Å²) in [6, 6.07) is 4.51. The Morgan fingerprint density at radius 2 is 2.12 bits per heavy atom. The zero-order chi connectivity index (χ0) is 12.9. The van der Waals surface area contributed by atoms with Gasteiger partial charge in [0.2, 0.25) is 0 Å². The molecular weight excluding hydrogens is 212 g/mol. The van der Waals surface area contributed by atoms with Crippen LogP contribution in [0.15, 0.2) is 22.8 Å². The molecule has 1 atom stereocenters. The first-order valence-corrected chi connectivity index (χ1v) is 6.40. The minimum atomic E-state index is 0.180. The molecule has 0 aliphatic rings. The second kappa shape index (κ2) is 6.22. The first-order chi connectivity index (χ1) is 7.92. The Hall–Kier alpha value is -0.800. The molecule has 3 heteroatoms. The van der Waals surface area contributed by atoms with Crippen LogP contribution in [0.2, 0.25) is 0 Å². The average molecular weight is 238 g/mol. The number of furan rings is 1. The molecule has 0 amide bonds. The van der Waals surface area contributed by atoms with E-state index in [9.17, 15) is 0 Å². The van der Waals surface area contributed by atoms with Gasteiger partial charge in [-0.2, -0.15) is 0 Å². The third-order valence-corrected chi connectivity index (χ3v) is 2.95. The van der Waals surface area contributed by atoms with E-state index in [2.05, 4.69) is 45.0 Å². The molecule has 0 saturated heterocycles. The van der Waals surface area contributed by atoms with Gasteiger partial charge in [-0.3, -0.25) is 4.90 Å². The van der Waals surface area contributed by atoms with Gasteiger partial charge in [0.15, 0.2) is 0 Å². The van der Waals surface area contributed by atoms with Gasteiger partial charge in [-0.1, -0.05) is 6.92 Å². The van der Waals surface area contributed by atoms with Gasteiger partial charge in [0.25, 0.3) is 0 Å². The van der Waals surface area contributed by atoms with Gasteiger partial charge in [-0.05, 0) is 46.4 Å². The Labute approximate surface area is 105 Å². The van der Waals surface area contributed by atoms with Gasteiger partial charge in [-0.15, -0.1) is 0 Å². The van der Waals surface area contributed by atoms with E-state index in [0.717, 1.165) is 25.3 Å². The number of hydrogen-bond donors (Lipinski definition) is 1. The molecule has 0 bridgehead atoms. The molecule has 3 nitrogen and oxygen atoms in total. The summed E-state index contributed by atoms with van der Waals surface area (Å²) >= 11 is 0. The predicted molar refractivity (Wildman–Crippen MR) is 72.0 cm³/mol. The minimum absolute atomic E-state index is 0.180. The summed E-state index contributed by atoms with van der Waals surface area (Å²) in [5.41, 5.74) is 0.180. The quantitative estimate of drug-likeness (QED) is 0.826. The Balaban J connectivity index is 2.43. The Bertz CT molecular complexity index is 301. The van der Waals surface area contributed by atoms with Crippen molar-refractivity contribution < 1.29 is 4.42 Å². The maximum absolute atomic E-state index is 5.38. The maximum atomic E-state index is 5.38. The van der Waals surface area contributed by atoms with E-state index in [0.29, 0.717) is 6.04 Å². The van der Waals surface area contributed by atoms with Crippen molar-refractivity contribution in [2.75, 3.05) is 13.6 Å². The van der Waals surface area contributed by atoms with Crippen LogP contribution in [-0.4, -0.2) is 30.1 Å². The second-order valence-corrected chi connectivity index (χ2v) is 5.69. The molecule has 1 aromatic rings. The van der Waals surface area contributed by atoms with E-state index in [4.69, 9.17) is 4.42 Å². The van der Waals surface area contributed by atoms with Crippen molar-refractivity contribution in [1.29, 1.82) is 0 Å². The topological polar surface area (TPSA) is 28.4 Å². The van der Waals surface area contributed by atoms with E-state index in [-0.39, 0.29) is 5.54 Å². The highest BCUT2D eigenvalue weighted by Crippen LogP contribution is 2.10. The normalized spacial score (nSPS) is 14.2. The van der Waals surface area contributed by atoms with Crippen LogP contribution in [0.1, 0.15) is 39.9 Å². The molecule has 0 aromatic carbocycles. The van der Waals surface area contributed by atoms with Crippen LogP contribution in [-0.2, 0) is 6.54 Å². The Morgan fingerprint density at radius 3 is 2.59 bits per heavy atom. The van der Waals surface area contributed by atoms with Crippen molar-refractivity contribution >= 4 is 0 Å². The first-order valence-electron chi connectivity index (χ1n) is 6.40. The van der Waals surface area contributed by atoms with Crippen molar-refractivity contribution in [2.24, 2.45) is 0 Å². The van der Waals surface area contributed by atoms with E-state index in [1.807, 2.05) is 12.1 Å². The van der Waals surface area contributed by atoms with Crippen LogP contribution < -0.4 is 5.32 Å². The van der Waals surface area contributed by atoms with Crippen LogP contribution >= 0.6 is 0 Å². The molecule has 1 aromatic heterocycles. The number of likely N-dealkylation sites (N-methyl/N-ethyl adjacent to an activating group) is 1. The zero-order valence-electron chi connectivity index (χ0n) is 11.8. The summed E-state index contributed by atoms with van der Waals surface area (Å²) < 4.78 is 5.38. The highest BCUT2D eigenvalue weighted by Gasteiger charge is 2.17. The molecule has 1 rings (SSSR count). The van der Waals surface area contributed by atoms with E-state index in [1.54, 1.807) is 6.26 Å². The third-order valence-electron chi connectivity index (χ3n) is 2.95. The predicted octanol–water partition coefficient (Wildman–Crippen LogP) is 2.88. The fourth-order valence-corrected chi connectivity index (χ4v) is 1.81. The number of hydrogen-bond acceptors (Lipinski definition) is 3. The molecule has 0 radical (unpaired) electrons. The fraction of sp³-hybridized carbons (Fsp3) is 0.714. The van der Waals surface area contributed by atoms with Crippen LogP contribution in [0.3, 0.4) is 0 Å². The third kappa shape index (κ3) is 5.37. The minimum Gasteiger partial charge on any atom is -0.468 e. The fourth-order valence-electron chi connectivity index (χ4n) is 1.81. The lowest BCUT2D eigenvalue weighted by Crippen LogP contribution is -2.46. The second-order valence-electron chi connectivity index (χ2n) is 5.69. The lowest BCUT2D eigenvalue weighted by Gasteiger charge is -2.30. The van der Waals surface area contributed by atoms with E-state index < -0.39 is 0 Å². The number of rotatable bonds is 6. The van der Waals surface area contributed by atoms with Gasteiger partial charge >= 0.3 is 0 Å². The zero-order valence-corrected chi connectivity index (χ0v) is 11.8. The summed E-state index contributed by atoms with van der Waals surface area (Å²) in [4.78, 5) is 2.34. The van der Waals surface area contributed by atoms with Crippen LogP contribution in [0.5, 0.6) is 0 Å². The summed E-state index contributed by atoms with van der Waals surface area (Å²) in [5.74, 6) is 1.03. The first kappa shape index (κ1) is 14.3. The summed E-state index contributed by atoms with van der Waals surface area (Å²) in [6.07, 6.45) is 2.87.